The molecular formula is C17H13N5O2S3. The third-order valence-corrected chi connectivity index (χ3v) is 6.56. The number of nitrogens with zero attached hydrogens (tertiary/aromatic N) is 4. The van der Waals surface area contributed by atoms with Crippen LogP contribution in [0.1, 0.15) is 15.4 Å². The van der Waals surface area contributed by atoms with E-state index < -0.39 is 5.91 Å². The van der Waals surface area contributed by atoms with Crippen LogP contribution < -0.4 is 5.32 Å². The maximum Gasteiger partial charge on any atom is 0.281 e. The average molecular weight is 416 g/mol. The molecule has 0 bridgehead atoms. The summed E-state index contributed by atoms with van der Waals surface area (Å²) in [4.78, 5) is 13.7. The van der Waals surface area contributed by atoms with Crippen molar-refractivity contribution in [2.45, 2.75) is 10.1 Å². The van der Waals surface area contributed by atoms with Crippen LogP contribution in [-0.2, 0) is 5.75 Å². The third kappa shape index (κ3) is 4.18. The molecule has 10 heteroatoms. The van der Waals surface area contributed by atoms with Crippen LogP contribution in [0.2, 0.25) is 0 Å². The summed E-state index contributed by atoms with van der Waals surface area (Å²) in [5.41, 5.74) is 0.678. The molecular weight excluding hydrogens is 402 g/mol. The molecule has 2 N–H and O–H groups in total. The number of thiophene rings is 1. The number of hydrogen-bond donors (Lipinski definition) is 2. The van der Waals surface area contributed by atoms with Gasteiger partial charge in [0.25, 0.3) is 5.91 Å². The predicted molar refractivity (Wildman–Crippen MR) is 107 cm³/mol. The first-order valence-corrected chi connectivity index (χ1v) is 10.5. The molecule has 3 heterocycles. The Morgan fingerprint density at radius 3 is 2.81 bits per heavy atom. The van der Waals surface area contributed by atoms with Crippen LogP contribution in [0, 0.1) is 0 Å². The van der Waals surface area contributed by atoms with Crippen LogP contribution in [0.4, 0.5) is 5.13 Å². The van der Waals surface area contributed by atoms with E-state index in [1.54, 1.807) is 23.1 Å². The number of benzene rings is 1. The van der Waals surface area contributed by atoms with E-state index in [0.717, 1.165) is 15.8 Å². The Labute approximate surface area is 166 Å². The van der Waals surface area contributed by atoms with Gasteiger partial charge in [0.15, 0.2) is 15.8 Å². The average Bonchev–Trinajstić information content (AvgIpc) is 3.42. The number of aromatic nitrogens is 4. The van der Waals surface area contributed by atoms with Crippen molar-refractivity contribution in [2.75, 3.05) is 5.32 Å². The first-order valence-electron chi connectivity index (χ1n) is 7.83. The second-order valence-electron chi connectivity index (χ2n) is 5.34. The van der Waals surface area contributed by atoms with Crippen molar-refractivity contribution in [1.29, 1.82) is 0 Å². The summed E-state index contributed by atoms with van der Waals surface area (Å²) in [5.74, 6) is 0.0731. The molecule has 1 aromatic carbocycles. The predicted octanol–water partition coefficient (Wildman–Crippen LogP) is 4.04. The Bertz CT molecular complexity index is 1040. The summed E-state index contributed by atoms with van der Waals surface area (Å²) in [6, 6.07) is 13.3. The molecule has 0 fully saturated rings. The highest BCUT2D eigenvalue weighted by Crippen LogP contribution is 2.30. The Kier molecular flexibility index (Phi) is 5.19. The van der Waals surface area contributed by atoms with Crippen LogP contribution >= 0.6 is 34.4 Å². The second-order valence-corrected chi connectivity index (χ2v) is 8.57. The van der Waals surface area contributed by atoms with Crippen LogP contribution in [0.25, 0.3) is 5.69 Å². The molecule has 3 aromatic heterocycles. The molecule has 4 rings (SSSR count). The molecule has 0 saturated carbocycles. The number of anilines is 1. The molecule has 0 radical (unpaired) electrons. The zero-order valence-corrected chi connectivity index (χ0v) is 16.2. The van der Waals surface area contributed by atoms with E-state index in [4.69, 9.17) is 0 Å². The molecule has 7 nitrogen and oxygen atoms in total. The molecule has 1 amide bonds. The van der Waals surface area contributed by atoms with E-state index in [-0.39, 0.29) is 11.4 Å². The van der Waals surface area contributed by atoms with Crippen LogP contribution in [0.15, 0.2) is 58.4 Å². The molecule has 0 atom stereocenters. The Hall–Kier alpha value is -2.69. The molecule has 0 aliphatic rings. The quantitative estimate of drug-likeness (QED) is 0.365. The molecule has 0 saturated heterocycles. The van der Waals surface area contributed by atoms with E-state index in [9.17, 15) is 9.90 Å². The number of carbonyl (C=O) groups excluding carboxylic acids is 1. The van der Waals surface area contributed by atoms with E-state index in [2.05, 4.69) is 26.7 Å². The molecule has 0 aliphatic carbocycles. The highest BCUT2D eigenvalue weighted by molar-refractivity contribution is 8.00. The smallest absolute Gasteiger partial charge is 0.281 e. The molecule has 136 valence electrons. The van der Waals surface area contributed by atoms with Gasteiger partial charge >= 0.3 is 0 Å². The Morgan fingerprint density at radius 1 is 1.19 bits per heavy atom. The summed E-state index contributed by atoms with van der Waals surface area (Å²) in [5, 5.41) is 27.3. The van der Waals surface area contributed by atoms with E-state index in [1.807, 2.05) is 41.8 Å². The minimum Gasteiger partial charge on any atom is -0.504 e. The van der Waals surface area contributed by atoms with Gasteiger partial charge in [0, 0.05) is 10.6 Å². The first-order chi connectivity index (χ1) is 13.2. The van der Waals surface area contributed by atoms with Crippen molar-refractivity contribution in [3.8, 4) is 11.4 Å². The number of para-hydroxylation sites is 1. The Morgan fingerprint density at radius 2 is 2.04 bits per heavy atom. The summed E-state index contributed by atoms with van der Waals surface area (Å²) < 4.78 is 2.21. The van der Waals surface area contributed by atoms with Gasteiger partial charge in [0.2, 0.25) is 5.13 Å². The lowest BCUT2D eigenvalue weighted by Gasteiger charge is -1.99. The third-order valence-electron chi connectivity index (χ3n) is 3.48. The van der Waals surface area contributed by atoms with Crippen molar-refractivity contribution >= 4 is 45.5 Å². The van der Waals surface area contributed by atoms with Gasteiger partial charge in [-0.15, -0.1) is 21.5 Å². The minimum atomic E-state index is -0.534. The monoisotopic (exact) mass is 415 g/mol. The molecule has 0 aliphatic heterocycles. The maximum absolute atomic E-state index is 12.4. The maximum atomic E-state index is 12.4. The lowest BCUT2D eigenvalue weighted by Crippen LogP contribution is -2.13. The first kappa shape index (κ1) is 17.7. The summed E-state index contributed by atoms with van der Waals surface area (Å²) in [6.45, 7) is 0. The number of hydrogen-bond acceptors (Lipinski definition) is 8. The van der Waals surface area contributed by atoms with Gasteiger partial charge in [-0.05, 0) is 23.6 Å². The standard InChI is InChI=1S/C17H13N5O2S3/c23-13-9-22(11-5-2-1-3-6-11)21-14(13)15(24)18-16-19-20-17(27-16)26-10-12-7-4-8-25-12/h1-9,23H,10H2,(H,18,19,24). The minimum absolute atomic E-state index is 0.0677. The fourth-order valence-corrected chi connectivity index (χ4v) is 4.76. The fourth-order valence-electron chi connectivity index (χ4n) is 2.24. The SMILES string of the molecule is O=C(Nc1nnc(SCc2cccs2)s1)c1nn(-c2ccccc2)cc1O. The number of rotatable bonds is 6. The Balaban J connectivity index is 1.43. The molecule has 0 unspecified atom stereocenters. The lowest BCUT2D eigenvalue weighted by atomic mass is 10.3. The topological polar surface area (TPSA) is 92.9 Å². The van der Waals surface area contributed by atoms with Crippen LogP contribution in [0.5, 0.6) is 5.75 Å². The van der Waals surface area contributed by atoms with Crippen molar-refractivity contribution in [2.24, 2.45) is 0 Å². The lowest BCUT2D eigenvalue weighted by molar-refractivity contribution is 0.101. The number of carbonyl (C=O) groups is 1. The summed E-state index contributed by atoms with van der Waals surface area (Å²) in [6.07, 6.45) is 1.40. The normalized spacial score (nSPS) is 10.8. The van der Waals surface area contributed by atoms with Crippen LogP contribution in [0.3, 0.4) is 0 Å². The van der Waals surface area contributed by atoms with Gasteiger partial charge in [-0.2, -0.15) is 5.10 Å². The van der Waals surface area contributed by atoms with Crippen molar-refractivity contribution in [3.05, 3.63) is 64.6 Å². The molecule has 4 aromatic rings. The van der Waals surface area contributed by atoms with E-state index in [1.165, 1.54) is 27.1 Å². The van der Waals surface area contributed by atoms with Crippen molar-refractivity contribution in [1.82, 2.24) is 20.0 Å². The van der Waals surface area contributed by atoms with Crippen LogP contribution in [-0.4, -0.2) is 31.0 Å². The number of amides is 1. The highest BCUT2D eigenvalue weighted by Gasteiger charge is 2.19. The highest BCUT2D eigenvalue weighted by atomic mass is 32.2. The number of nitrogens with one attached hydrogen (secondary N) is 1. The van der Waals surface area contributed by atoms with E-state index >= 15 is 0 Å². The summed E-state index contributed by atoms with van der Waals surface area (Å²) >= 11 is 4.53. The zero-order chi connectivity index (χ0) is 18.6. The number of aromatic hydroxyl groups is 1. The number of thioether (sulfide) groups is 1. The van der Waals surface area contributed by atoms with Gasteiger partial charge in [-0.25, -0.2) is 4.68 Å². The van der Waals surface area contributed by atoms with Gasteiger partial charge in [-0.1, -0.05) is 47.4 Å². The van der Waals surface area contributed by atoms with Gasteiger partial charge in [0.1, 0.15) is 0 Å². The largest absolute Gasteiger partial charge is 0.504 e. The van der Waals surface area contributed by atoms with Crippen molar-refractivity contribution < 1.29 is 9.90 Å². The van der Waals surface area contributed by atoms with Gasteiger partial charge < -0.3 is 5.11 Å². The van der Waals surface area contributed by atoms with Crippen molar-refractivity contribution in [3.63, 3.8) is 0 Å². The fraction of sp³-hybridized carbons (Fsp3) is 0.0588. The molecule has 27 heavy (non-hydrogen) atoms. The zero-order valence-electron chi connectivity index (χ0n) is 13.8. The molecule has 0 spiro atoms. The van der Waals surface area contributed by atoms with E-state index in [0.29, 0.717) is 5.13 Å². The van der Waals surface area contributed by atoms with Gasteiger partial charge in [-0.3, -0.25) is 10.1 Å². The second kappa shape index (κ2) is 7.91. The van der Waals surface area contributed by atoms with Gasteiger partial charge in [0.05, 0.1) is 11.9 Å². The summed E-state index contributed by atoms with van der Waals surface area (Å²) in [7, 11) is 0.